The molecule has 2 N–H and O–H groups in total. The molecule has 152 valence electrons. The summed E-state index contributed by atoms with van der Waals surface area (Å²) >= 11 is 0. The van der Waals surface area contributed by atoms with E-state index in [1.165, 1.54) is 12.1 Å². The van der Waals surface area contributed by atoms with Gasteiger partial charge in [-0.15, -0.1) is 0 Å². The molecular formula is C19H25FHfN3O4-. The fourth-order valence-corrected chi connectivity index (χ4v) is 3.45. The van der Waals surface area contributed by atoms with E-state index in [4.69, 9.17) is 4.74 Å². The van der Waals surface area contributed by atoms with Crippen molar-refractivity contribution in [3.63, 3.8) is 0 Å². The summed E-state index contributed by atoms with van der Waals surface area (Å²) in [7, 11) is 0. The molecule has 0 aliphatic carbocycles. The molecule has 1 aliphatic rings. The van der Waals surface area contributed by atoms with Gasteiger partial charge in [-0.3, -0.25) is 9.58 Å². The van der Waals surface area contributed by atoms with Crippen LogP contribution in [-0.2, 0) is 37.1 Å². The van der Waals surface area contributed by atoms with Gasteiger partial charge in [-0.1, -0.05) is 0 Å². The molecule has 0 saturated carbocycles. The van der Waals surface area contributed by atoms with Gasteiger partial charge in [-0.05, 0) is 45.0 Å². The van der Waals surface area contributed by atoms with Crippen LogP contribution in [-0.4, -0.2) is 62.8 Å². The van der Waals surface area contributed by atoms with E-state index in [9.17, 15) is 14.6 Å². The largest absolute Gasteiger partial charge is 0.628 e. The maximum absolute atomic E-state index is 12.1. The molecule has 1 saturated heterocycles. The molecule has 0 amide bonds. The summed E-state index contributed by atoms with van der Waals surface area (Å²) in [5.74, 6) is -0.142. The number of nitrogens with zero attached hydrogens (tertiary/aromatic N) is 3. The Hall–Kier alpha value is -1.29. The number of phenolic OH excluding ortho intramolecular Hbond substituents is 1. The van der Waals surface area contributed by atoms with Gasteiger partial charge in [0.25, 0.3) is 0 Å². The second-order valence-corrected chi connectivity index (χ2v) is 6.94. The maximum atomic E-state index is 12.1. The molecule has 0 bridgehead atoms. The van der Waals surface area contributed by atoms with E-state index in [0.717, 1.165) is 13.1 Å². The molecule has 1 aromatic carbocycles. The first-order valence-corrected chi connectivity index (χ1v) is 8.96. The van der Waals surface area contributed by atoms with Crippen LogP contribution in [0.4, 0.5) is 4.39 Å². The number of halogens is 1. The van der Waals surface area contributed by atoms with E-state index < -0.39 is 6.10 Å². The van der Waals surface area contributed by atoms with Crippen LogP contribution in [0.25, 0.3) is 11.3 Å². The predicted molar refractivity (Wildman–Crippen MR) is 97.8 cm³/mol. The molecule has 2 heterocycles. The van der Waals surface area contributed by atoms with Gasteiger partial charge in [-0.25, -0.2) is 0 Å². The quantitative estimate of drug-likeness (QED) is 0.402. The Morgan fingerprint density at radius 1 is 1.29 bits per heavy atom. The van der Waals surface area contributed by atoms with Crippen molar-refractivity contribution in [2.24, 2.45) is 0 Å². The van der Waals surface area contributed by atoms with Crippen molar-refractivity contribution in [3.8, 4) is 22.8 Å². The number of β-amino-alcohol motifs (C(OH)–C–C–N with tert-alkyl or cyclic N) is 1. The van der Waals surface area contributed by atoms with Crippen molar-refractivity contribution in [1.82, 2.24) is 14.7 Å². The Morgan fingerprint density at radius 2 is 2.00 bits per heavy atom. The van der Waals surface area contributed by atoms with Gasteiger partial charge in [0.1, 0.15) is 5.75 Å². The van der Waals surface area contributed by atoms with E-state index in [2.05, 4.69) is 14.7 Å². The molecule has 1 aliphatic heterocycles. The third kappa shape index (κ3) is 6.10. The molecule has 3 atom stereocenters. The van der Waals surface area contributed by atoms with Crippen molar-refractivity contribution < 1.29 is 49.9 Å². The average molecular weight is 557 g/mol. The number of aliphatic hydroxyl groups excluding tert-OH is 1. The van der Waals surface area contributed by atoms with Gasteiger partial charge >= 0.3 is 0 Å². The summed E-state index contributed by atoms with van der Waals surface area (Å²) in [6.45, 7) is 6.61. The number of benzene rings is 1. The topological polar surface area (TPSA) is 80.0 Å². The normalized spacial score (nSPS) is 21.1. The summed E-state index contributed by atoms with van der Waals surface area (Å²) in [6, 6.07) is 6.40. The van der Waals surface area contributed by atoms with Crippen molar-refractivity contribution in [3.05, 3.63) is 37.3 Å². The van der Waals surface area contributed by atoms with Crippen LogP contribution in [0.5, 0.6) is 11.5 Å². The number of aliphatic hydroxyl groups is 1. The molecule has 0 spiro atoms. The number of rotatable bonds is 7. The zero-order valence-electron chi connectivity index (χ0n) is 16.0. The van der Waals surface area contributed by atoms with E-state index >= 15 is 0 Å². The Bertz CT molecular complexity index is 751. The molecule has 3 rings (SSSR count). The summed E-state index contributed by atoms with van der Waals surface area (Å²) in [6.07, 6.45) is 1.54. The van der Waals surface area contributed by atoms with Crippen LogP contribution in [0.1, 0.15) is 13.8 Å². The number of aromatic hydroxyl groups is 1. The Balaban J connectivity index is 0.00000280. The van der Waals surface area contributed by atoms with Gasteiger partial charge in [-0.2, -0.15) is 5.10 Å². The summed E-state index contributed by atoms with van der Waals surface area (Å²) in [4.78, 5) is 2.20. The molecule has 7 nitrogen and oxygen atoms in total. The Kier molecular flexibility index (Phi) is 8.60. The van der Waals surface area contributed by atoms with Crippen LogP contribution in [0.15, 0.2) is 30.5 Å². The molecule has 28 heavy (non-hydrogen) atoms. The first-order chi connectivity index (χ1) is 12.9. The number of aromatic nitrogens is 2. The summed E-state index contributed by atoms with van der Waals surface area (Å²) in [5, 5.41) is 24.7. The third-order valence-electron chi connectivity index (χ3n) is 4.43. The van der Waals surface area contributed by atoms with Crippen LogP contribution >= 0.6 is 0 Å². The van der Waals surface area contributed by atoms with Crippen LogP contribution in [0.3, 0.4) is 0 Å². The SMILES string of the molecule is CC1CN(CC(O)Cn2ccc(-c3ccc(O[CH-]F)c(O)c3)n2)CC(C)O1.[Hf]. The third-order valence-corrected chi connectivity index (χ3v) is 4.43. The van der Waals surface area contributed by atoms with E-state index in [1.807, 2.05) is 13.8 Å². The minimum Gasteiger partial charge on any atom is -0.628 e. The molecule has 3 unspecified atom stereocenters. The van der Waals surface area contributed by atoms with Gasteiger partial charge in [0.15, 0.2) is 5.75 Å². The maximum Gasteiger partial charge on any atom is 0.155 e. The zero-order valence-corrected chi connectivity index (χ0v) is 19.5. The Labute approximate surface area is 182 Å². The number of hydrogen-bond acceptors (Lipinski definition) is 6. The monoisotopic (exact) mass is 558 g/mol. The van der Waals surface area contributed by atoms with Gasteiger partial charge in [0.05, 0.1) is 30.6 Å². The standard InChI is InChI=1S/C19H25FN3O4.Hf/c1-13-8-22(9-14(2)27-13)10-16(24)11-23-6-5-17(21-23)15-3-4-19(26-12-20)18(25)7-15;/h3-7,12-14,16,24-25H,8-11H2,1-2H3;/q-1;. The molecule has 9 heteroatoms. The van der Waals surface area contributed by atoms with Crippen molar-refractivity contribution in [1.29, 1.82) is 0 Å². The summed E-state index contributed by atoms with van der Waals surface area (Å²) in [5.41, 5.74) is 1.31. The molecular weight excluding hydrogens is 532 g/mol. The smallest absolute Gasteiger partial charge is 0.155 e. The zero-order chi connectivity index (χ0) is 19.4. The van der Waals surface area contributed by atoms with Gasteiger partial charge < -0.3 is 24.1 Å². The van der Waals surface area contributed by atoms with Gasteiger partial charge in [0.2, 0.25) is 0 Å². The first-order valence-electron chi connectivity index (χ1n) is 8.96. The van der Waals surface area contributed by atoms with Crippen LogP contribution in [0, 0.1) is 6.86 Å². The minimum absolute atomic E-state index is 0. The number of hydrogen-bond donors (Lipinski definition) is 2. The first kappa shape index (κ1) is 23.0. The minimum atomic E-state index is -0.556. The number of morpholine rings is 1. The fourth-order valence-electron chi connectivity index (χ4n) is 3.45. The summed E-state index contributed by atoms with van der Waals surface area (Å²) < 4.78 is 24.0. The van der Waals surface area contributed by atoms with E-state index in [-0.39, 0.29) is 56.4 Å². The van der Waals surface area contributed by atoms with Crippen LogP contribution in [0.2, 0.25) is 0 Å². The van der Waals surface area contributed by atoms with Crippen molar-refractivity contribution >= 4 is 0 Å². The van der Waals surface area contributed by atoms with Crippen LogP contribution < -0.4 is 4.74 Å². The van der Waals surface area contributed by atoms with Gasteiger partial charge in [0, 0.05) is 57.2 Å². The van der Waals surface area contributed by atoms with Crippen molar-refractivity contribution in [2.75, 3.05) is 19.6 Å². The predicted octanol–water partition coefficient (Wildman–Crippen LogP) is 2.19. The Morgan fingerprint density at radius 3 is 2.64 bits per heavy atom. The molecule has 1 aromatic heterocycles. The van der Waals surface area contributed by atoms with E-state index in [1.54, 1.807) is 23.0 Å². The molecule has 2 aromatic rings. The second kappa shape index (κ2) is 10.5. The molecule has 0 radical (unpaired) electrons. The number of ether oxygens (including phenoxy) is 2. The van der Waals surface area contributed by atoms with Crippen molar-refractivity contribution in [2.45, 2.75) is 38.7 Å². The second-order valence-electron chi connectivity index (χ2n) is 6.94. The van der Waals surface area contributed by atoms with E-state index in [0.29, 0.717) is 24.3 Å². The number of phenols is 1. The fraction of sp³-hybridized carbons (Fsp3) is 0.474. The molecule has 1 fully saturated rings. The average Bonchev–Trinajstić information content (AvgIpc) is 3.04.